The van der Waals surface area contributed by atoms with Crippen LogP contribution in [0, 0.1) is 6.92 Å². The van der Waals surface area contributed by atoms with E-state index in [0.29, 0.717) is 0 Å². The lowest BCUT2D eigenvalue weighted by atomic mass is 10.1. The zero-order chi connectivity index (χ0) is 11.3. The summed E-state index contributed by atoms with van der Waals surface area (Å²) in [6.45, 7) is 5.99. The topological polar surface area (TPSA) is 38.9 Å². The number of aromatic nitrogens is 1. The van der Waals surface area contributed by atoms with Crippen LogP contribution >= 0.6 is 0 Å². The van der Waals surface area contributed by atoms with Crippen molar-refractivity contribution in [1.29, 1.82) is 0 Å². The van der Waals surface area contributed by atoms with Crippen LogP contribution in [0.4, 0.5) is 0 Å². The van der Waals surface area contributed by atoms with E-state index in [9.17, 15) is 0 Å². The number of aryl methyl sites for hydroxylation is 1. The first-order valence-corrected chi connectivity index (χ1v) is 5.14. The second-order valence-electron chi connectivity index (χ2n) is 3.76. The van der Waals surface area contributed by atoms with Gasteiger partial charge in [0.05, 0.1) is 5.69 Å². The van der Waals surface area contributed by atoms with Crippen molar-refractivity contribution in [3.05, 3.63) is 47.8 Å². The van der Waals surface area contributed by atoms with Crippen molar-refractivity contribution in [2.24, 2.45) is 5.73 Å². The molecule has 0 aromatic carbocycles. The Kier molecular flexibility index (Phi) is 4.25. The highest BCUT2D eigenvalue weighted by Crippen LogP contribution is 2.11. The summed E-state index contributed by atoms with van der Waals surface area (Å²) < 4.78 is 0. The first-order chi connectivity index (χ1) is 7.09. The number of nitrogens with two attached hydrogens (primary N) is 1. The van der Waals surface area contributed by atoms with Crippen LogP contribution in [0.25, 0.3) is 5.57 Å². The molecule has 0 aliphatic heterocycles. The standard InChI is InChI=1S/C13H18N2/c1-10(6-4-7-11(2)14)13-9-5-8-12(3)15-13/h4-9,11H,14H2,1-3H3/b7-4-,10-6+. The number of pyridine rings is 1. The SMILES string of the molecule is C/C(=C\C=C/C(C)N)c1cccc(C)n1. The predicted molar refractivity (Wildman–Crippen MR) is 65.4 cm³/mol. The lowest BCUT2D eigenvalue weighted by molar-refractivity contribution is 0.926. The van der Waals surface area contributed by atoms with Crippen molar-refractivity contribution < 1.29 is 0 Å². The fourth-order valence-corrected chi connectivity index (χ4v) is 1.22. The maximum absolute atomic E-state index is 5.61. The summed E-state index contributed by atoms with van der Waals surface area (Å²) in [6.07, 6.45) is 5.97. The summed E-state index contributed by atoms with van der Waals surface area (Å²) >= 11 is 0. The first-order valence-electron chi connectivity index (χ1n) is 5.14. The largest absolute Gasteiger partial charge is 0.325 e. The van der Waals surface area contributed by atoms with Gasteiger partial charge in [0.25, 0.3) is 0 Å². The van der Waals surface area contributed by atoms with Crippen molar-refractivity contribution in [2.75, 3.05) is 0 Å². The molecule has 0 bridgehead atoms. The van der Waals surface area contributed by atoms with Crippen molar-refractivity contribution in [3.63, 3.8) is 0 Å². The van der Waals surface area contributed by atoms with E-state index in [0.717, 1.165) is 17.0 Å². The van der Waals surface area contributed by atoms with Crippen molar-refractivity contribution in [1.82, 2.24) is 4.98 Å². The molecule has 0 spiro atoms. The van der Waals surface area contributed by atoms with Crippen molar-refractivity contribution in [3.8, 4) is 0 Å². The number of hydrogen-bond donors (Lipinski definition) is 1. The Hall–Kier alpha value is -1.41. The van der Waals surface area contributed by atoms with E-state index in [2.05, 4.69) is 4.98 Å². The highest BCUT2D eigenvalue weighted by atomic mass is 14.7. The molecule has 0 saturated carbocycles. The Balaban J connectivity index is 2.80. The molecule has 0 aliphatic carbocycles. The number of hydrogen-bond acceptors (Lipinski definition) is 2. The van der Waals surface area contributed by atoms with Gasteiger partial charge in [-0.2, -0.15) is 0 Å². The average Bonchev–Trinajstić information content (AvgIpc) is 2.17. The molecule has 0 radical (unpaired) electrons. The minimum atomic E-state index is 0.0968. The molecule has 0 saturated heterocycles. The Morgan fingerprint density at radius 3 is 2.80 bits per heavy atom. The van der Waals surface area contributed by atoms with Gasteiger partial charge in [-0.3, -0.25) is 4.98 Å². The van der Waals surface area contributed by atoms with Gasteiger partial charge < -0.3 is 5.73 Å². The van der Waals surface area contributed by atoms with Crippen LogP contribution in [0.3, 0.4) is 0 Å². The van der Waals surface area contributed by atoms with Crippen molar-refractivity contribution >= 4 is 5.57 Å². The van der Waals surface area contributed by atoms with E-state index < -0.39 is 0 Å². The van der Waals surface area contributed by atoms with Gasteiger partial charge in [-0.05, 0) is 38.5 Å². The molecular weight excluding hydrogens is 184 g/mol. The molecule has 0 aliphatic rings. The summed E-state index contributed by atoms with van der Waals surface area (Å²) in [5.41, 5.74) is 8.81. The lowest BCUT2D eigenvalue weighted by Gasteiger charge is -2.00. The zero-order valence-corrected chi connectivity index (χ0v) is 9.57. The molecular formula is C13H18N2. The Morgan fingerprint density at radius 2 is 2.20 bits per heavy atom. The van der Waals surface area contributed by atoms with Crippen molar-refractivity contribution in [2.45, 2.75) is 26.8 Å². The predicted octanol–water partition coefficient (Wildman–Crippen LogP) is 2.70. The first kappa shape index (κ1) is 11.7. The quantitative estimate of drug-likeness (QED) is 0.765. The molecule has 1 aromatic rings. The summed E-state index contributed by atoms with van der Waals surface area (Å²) in [6, 6.07) is 6.12. The molecule has 0 fully saturated rings. The summed E-state index contributed by atoms with van der Waals surface area (Å²) in [7, 11) is 0. The molecule has 15 heavy (non-hydrogen) atoms. The average molecular weight is 202 g/mol. The number of nitrogens with zero attached hydrogens (tertiary/aromatic N) is 1. The van der Waals surface area contributed by atoms with Gasteiger partial charge in [0.15, 0.2) is 0 Å². The summed E-state index contributed by atoms with van der Waals surface area (Å²) in [4.78, 5) is 4.44. The molecule has 2 heteroatoms. The van der Waals surface area contributed by atoms with Crippen LogP contribution in [0.1, 0.15) is 25.2 Å². The summed E-state index contributed by atoms with van der Waals surface area (Å²) in [5, 5.41) is 0. The number of allylic oxidation sites excluding steroid dienone is 3. The van der Waals surface area contributed by atoms with Gasteiger partial charge in [-0.15, -0.1) is 0 Å². The number of rotatable bonds is 3. The molecule has 1 rings (SSSR count). The van der Waals surface area contributed by atoms with Gasteiger partial charge >= 0.3 is 0 Å². The Morgan fingerprint density at radius 1 is 1.47 bits per heavy atom. The molecule has 2 N–H and O–H groups in total. The summed E-state index contributed by atoms with van der Waals surface area (Å²) in [5.74, 6) is 0. The third-order valence-electron chi connectivity index (χ3n) is 2.05. The van der Waals surface area contributed by atoms with E-state index >= 15 is 0 Å². The van der Waals surface area contributed by atoms with E-state index in [1.807, 2.05) is 57.2 Å². The maximum Gasteiger partial charge on any atom is 0.0661 e. The molecule has 1 heterocycles. The molecule has 1 unspecified atom stereocenters. The van der Waals surface area contributed by atoms with E-state index in [-0.39, 0.29) is 6.04 Å². The second kappa shape index (κ2) is 5.47. The van der Waals surface area contributed by atoms with Crippen LogP contribution < -0.4 is 5.73 Å². The molecule has 1 atom stereocenters. The van der Waals surface area contributed by atoms with Gasteiger partial charge in [0, 0.05) is 11.7 Å². The Labute approximate surface area is 91.5 Å². The van der Waals surface area contributed by atoms with Crippen LogP contribution in [0.15, 0.2) is 36.4 Å². The molecule has 2 nitrogen and oxygen atoms in total. The van der Waals surface area contributed by atoms with Gasteiger partial charge in [0.1, 0.15) is 0 Å². The van der Waals surface area contributed by atoms with E-state index in [1.54, 1.807) is 0 Å². The highest BCUT2D eigenvalue weighted by Gasteiger charge is 1.95. The third-order valence-corrected chi connectivity index (χ3v) is 2.05. The van der Waals surface area contributed by atoms with Crippen LogP contribution in [-0.4, -0.2) is 11.0 Å². The van der Waals surface area contributed by atoms with E-state index in [4.69, 9.17) is 5.73 Å². The minimum Gasteiger partial charge on any atom is -0.325 e. The lowest BCUT2D eigenvalue weighted by Crippen LogP contribution is -2.09. The highest BCUT2D eigenvalue weighted by molar-refractivity contribution is 5.62. The van der Waals surface area contributed by atoms with Gasteiger partial charge in [-0.1, -0.05) is 24.3 Å². The Bertz CT molecular complexity index is 376. The van der Waals surface area contributed by atoms with Crippen LogP contribution in [-0.2, 0) is 0 Å². The van der Waals surface area contributed by atoms with Gasteiger partial charge in [-0.25, -0.2) is 0 Å². The fraction of sp³-hybridized carbons (Fsp3) is 0.308. The minimum absolute atomic E-state index is 0.0968. The fourth-order valence-electron chi connectivity index (χ4n) is 1.22. The third kappa shape index (κ3) is 4.09. The second-order valence-corrected chi connectivity index (χ2v) is 3.76. The van der Waals surface area contributed by atoms with Crippen LogP contribution in [0.5, 0.6) is 0 Å². The maximum atomic E-state index is 5.61. The van der Waals surface area contributed by atoms with Gasteiger partial charge in [0.2, 0.25) is 0 Å². The smallest absolute Gasteiger partial charge is 0.0661 e. The normalized spacial score (nSPS) is 14.5. The molecule has 0 amide bonds. The zero-order valence-electron chi connectivity index (χ0n) is 9.57. The van der Waals surface area contributed by atoms with Crippen LogP contribution in [0.2, 0.25) is 0 Å². The molecule has 1 aromatic heterocycles. The van der Waals surface area contributed by atoms with E-state index in [1.165, 1.54) is 0 Å². The molecule has 80 valence electrons. The monoisotopic (exact) mass is 202 g/mol.